The van der Waals surface area contributed by atoms with E-state index in [9.17, 15) is 74.9 Å². The highest BCUT2D eigenvalue weighted by molar-refractivity contribution is 7.47. The first-order valence-corrected chi connectivity index (χ1v) is 40.2. The first kappa shape index (κ1) is 90.7. The molecule has 24 nitrogen and oxygen atoms in total. The zero-order valence-electron chi connectivity index (χ0n) is 60.5. The van der Waals surface area contributed by atoms with Crippen LogP contribution < -0.4 is 0 Å². The molecule has 1 saturated carbocycles. The second-order valence-corrected chi connectivity index (χ2v) is 29.2. The summed E-state index contributed by atoms with van der Waals surface area (Å²) in [5, 5.41) is 110. The van der Waals surface area contributed by atoms with Gasteiger partial charge in [-0.2, -0.15) is 0 Å². The molecule has 2 aliphatic heterocycles. The number of esters is 3. The number of carbonyl (C=O) groups is 3. The predicted octanol–water partition coefficient (Wildman–Crippen LogP) is 10.9. The number of hydrogen-bond donors (Lipinski definition) is 11. The molecule has 25 heteroatoms. The fourth-order valence-electron chi connectivity index (χ4n) is 12.8. The molecule has 0 radical (unpaired) electrons. The first-order chi connectivity index (χ1) is 47.8. The van der Waals surface area contributed by atoms with Crippen LogP contribution >= 0.6 is 7.82 Å². The van der Waals surface area contributed by atoms with Crippen molar-refractivity contribution in [2.45, 2.75) is 401 Å². The lowest BCUT2D eigenvalue weighted by atomic mass is 9.84. The minimum absolute atomic E-state index is 0.0380. The third-order valence-corrected chi connectivity index (χ3v) is 20.1. The summed E-state index contributed by atoms with van der Waals surface area (Å²) < 4.78 is 64.9. The predicted molar refractivity (Wildman–Crippen MR) is 374 cm³/mol. The van der Waals surface area contributed by atoms with Gasteiger partial charge in [-0.05, 0) is 25.7 Å². The molecule has 18 atom stereocenters. The van der Waals surface area contributed by atoms with Crippen LogP contribution in [0, 0.1) is 0 Å². The number of ether oxygens (including phenoxy) is 7. The average molecular weight is 1440 g/mol. The van der Waals surface area contributed by atoms with Gasteiger partial charge in [0.2, 0.25) is 0 Å². The number of aliphatic hydroxyl groups excluding tert-OH is 10. The van der Waals surface area contributed by atoms with E-state index in [4.69, 9.17) is 42.2 Å². The number of aliphatic hydroxyl groups is 10. The lowest BCUT2D eigenvalue weighted by molar-refractivity contribution is -0.360. The second-order valence-electron chi connectivity index (χ2n) is 27.8. The molecule has 3 fully saturated rings. The van der Waals surface area contributed by atoms with Crippen molar-refractivity contribution in [3.63, 3.8) is 0 Å². The summed E-state index contributed by atoms with van der Waals surface area (Å²) in [6, 6.07) is 0. The Morgan fingerprint density at radius 2 is 0.778 bits per heavy atom. The van der Waals surface area contributed by atoms with Crippen LogP contribution in [0.2, 0.25) is 0 Å². The van der Waals surface area contributed by atoms with Crippen LogP contribution in [0.15, 0.2) is 24.3 Å². The van der Waals surface area contributed by atoms with Crippen molar-refractivity contribution in [1.29, 1.82) is 0 Å². The molecule has 3 aliphatic rings. The fourth-order valence-corrected chi connectivity index (χ4v) is 13.8. The van der Waals surface area contributed by atoms with E-state index in [2.05, 4.69) is 20.8 Å². The molecule has 1 aliphatic carbocycles. The van der Waals surface area contributed by atoms with E-state index >= 15 is 0 Å². The molecular formula is C74H135O24P. The van der Waals surface area contributed by atoms with Gasteiger partial charge in [0.25, 0.3) is 0 Å². The number of unbranched alkanes of at least 4 members (excludes halogenated alkanes) is 38. The minimum atomic E-state index is -5.70. The van der Waals surface area contributed by atoms with Gasteiger partial charge in [-0.25, -0.2) is 9.36 Å². The molecule has 3 rings (SSSR count). The van der Waals surface area contributed by atoms with Crippen LogP contribution in [0.4, 0.5) is 0 Å². The summed E-state index contributed by atoms with van der Waals surface area (Å²) in [5.74, 6) is -2.21. The quantitative estimate of drug-likeness (QED) is 0.00673. The van der Waals surface area contributed by atoms with Gasteiger partial charge in [0, 0.05) is 18.9 Å². The van der Waals surface area contributed by atoms with Crippen molar-refractivity contribution in [3.05, 3.63) is 24.3 Å². The Kier molecular flexibility index (Phi) is 51.2. The van der Waals surface area contributed by atoms with Crippen molar-refractivity contribution in [3.8, 4) is 0 Å². The third-order valence-electron chi connectivity index (χ3n) is 19.1. The Hall–Kier alpha value is -2.56. The van der Waals surface area contributed by atoms with Crippen molar-refractivity contribution < 1.29 is 117 Å². The standard InChI is InChI=1S/C74H135O24P/c1-4-7-10-13-16-19-22-25-27-28-30-32-35-38-41-44-47-50-60(78)93-55(52-90-58(76)48-45-42-39-36-33-24-21-18-15-12-9-6-3)53-92-99(88,89)98-72-70(96-73-68(86)63(81)61(79)56(51-75)94-73)66(84)65(83)67(85)71(72)97-74-69(87)64(82)62(80)57(95-74)54-91-59(77)49-46-43-40-37-34-31-29-26-23-20-17-14-11-8-5-2/h40,43,46,49,55-57,61-75,79-87H,4-39,41-42,44-45,47-48,50-54H2,1-3H3,(H,88,89)/b43-40+,49-46+. The molecule has 99 heavy (non-hydrogen) atoms. The summed E-state index contributed by atoms with van der Waals surface area (Å²) in [5.41, 5.74) is 0. The fraction of sp³-hybridized carbons (Fsp3) is 0.905. The van der Waals surface area contributed by atoms with Crippen molar-refractivity contribution in [1.82, 2.24) is 0 Å². The van der Waals surface area contributed by atoms with Gasteiger partial charge in [-0.3, -0.25) is 18.6 Å². The molecule has 2 heterocycles. The number of hydrogen-bond acceptors (Lipinski definition) is 23. The van der Waals surface area contributed by atoms with Gasteiger partial charge < -0.3 is 89.1 Å². The number of phosphoric acid groups is 1. The maximum absolute atomic E-state index is 14.3. The van der Waals surface area contributed by atoms with Crippen molar-refractivity contribution in [2.24, 2.45) is 0 Å². The average Bonchev–Trinajstić information content (AvgIpc) is 0.763. The van der Waals surface area contributed by atoms with Crippen LogP contribution in [-0.2, 0) is 61.2 Å². The minimum Gasteiger partial charge on any atom is -0.462 e. The Labute approximate surface area is 592 Å². The summed E-state index contributed by atoms with van der Waals surface area (Å²) >= 11 is 0. The summed E-state index contributed by atoms with van der Waals surface area (Å²) in [4.78, 5) is 50.9. The Balaban J connectivity index is 1.73. The largest absolute Gasteiger partial charge is 0.472 e. The maximum Gasteiger partial charge on any atom is 0.472 e. The van der Waals surface area contributed by atoms with Crippen molar-refractivity contribution >= 4 is 25.7 Å². The molecule has 0 aromatic carbocycles. The van der Waals surface area contributed by atoms with E-state index in [-0.39, 0.29) is 12.8 Å². The maximum atomic E-state index is 14.3. The highest BCUT2D eigenvalue weighted by Gasteiger charge is 2.58. The van der Waals surface area contributed by atoms with E-state index in [1.54, 1.807) is 6.08 Å². The Morgan fingerprint density at radius 3 is 1.19 bits per heavy atom. The zero-order chi connectivity index (χ0) is 72.5. The topological polar surface area (TPSA) is 374 Å². The van der Waals surface area contributed by atoms with Crippen LogP contribution in [-0.4, -0.2) is 204 Å². The molecule has 0 bridgehead atoms. The molecule has 0 spiro atoms. The van der Waals surface area contributed by atoms with Gasteiger partial charge in [0.1, 0.15) is 98.7 Å². The second kappa shape index (κ2) is 55.9. The van der Waals surface area contributed by atoms with Crippen LogP contribution in [0.25, 0.3) is 0 Å². The molecule has 580 valence electrons. The van der Waals surface area contributed by atoms with Crippen molar-refractivity contribution in [2.75, 3.05) is 26.4 Å². The van der Waals surface area contributed by atoms with Crippen LogP contribution in [0.3, 0.4) is 0 Å². The van der Waals surface area contributed by atoms with E-state index in [1.165, 1.54) is 167 Å². The first-order valence-electron chi connectivity index (χ1n) is 38.7. The van der Waals surface area contributed by atoms with E-state index in [0.29, 0.717) is 12.8 Å². The van der Waals surface area contributed by atoms with E-state index < -0.39 is 156 Å². The summed E-state index contributed by atoms with van der Waals surface area (Å²) in [7, 11) is -5.70. The number of phosphoric ester groups is 1. The molecule has 11 N–H and O–H groups in total. The van der Waals surface area contributed by atoms with Gasteiger partial charge in [0.05, 0.1) is 13.2 Å². The molecule has 18 unspecified atom stereocenters. The molecule has 0 aromatic heterocycles. The summed E-state index contributed by atoms with van der Waals surface area (Å²) in [6.07, 6.45) is 17.3. The van der Waals surface area contributed by atoms with Gasteiger partial charge in [-0.15, -0.1) is 0 Å². The Morgan fingerprint density at radius 1 is 0.414 bits per heavy atom. The Bertz CT molecular complexity index is 2140. The molecular weight excluding hydrogens is 1300 g/mol. The zero-order valence-corrected chi connectivity index (χ0v) is 61.4. The monoisotopic (exact) mass is 1440 g/mol. The highest BCUT2D eigenvalue weighted by atomic mass is 31.2. The lowest BCUT2D eigenvalue weighted by Crippen LogP contribution is -2.69. The summed E-state index contributed by atoms with van der Waals surface area (Å²) in [6.45, 7) is 3.38. The normalized spacial score (nSPS) is 27.6. The molecule has 2 saturated heterocycles. The van der Waals surface area contributed by atoms with E-state index in [1.807, 2.05) is 6.08 Å². The van der Waals surface area contributed by atoms with E-state index in [0.717, 1.165) is 96.0 Å². The van der Waals surface area contributed by atoms with Crippen LogP contribution in [0.5, 0.6) is 0 Å². The number of carbonyl (C=O) groups excluding carboxylic acids is 3. The number of allylic oxidation sites excluding steroid dienone is 3. The third kappa shape index (κ3) is 38.9. The van der Waals surface area contributed by atoms with Gasteiger partial charge >= 0.3 is 25.7 Å². The number of rotatable bonds is 60. The SMILES string of the molecule is CCCCCCCCCCCCC/C=C/C=C/C(=O)OCC1OC(OC2C(O)C(O)C(O)C(OC3OC(CO)C(O)C(O)C3O)C2OP(=O)(O)OCC(COC(=O)CCCCCCCCCCCCCC)OC(=O)CCCCCCCCCCCCCCCCCCC)C(O)C(O)C1O. The van der Waals surface area contributed by atoms with Crippen LogP contribution in [0.1, 0.15) is 297 Å². The molecule has 0 amide bonds. The molecule has 0 aromatic rings. The van der Waals surface area contributed by atoms with Gasteiger partial charge in [-0.1, -0.05) is 277 Å². The lowest BCUT2D eigenvalue weighted by Gasteiger charge is -2.49. The smallest absolute Gasteiger partial charge is 0.462 e. The highest BCUT2D eigenvalue weighted by Crippen LogP contribution is 2.49. The van der Waals surface area contributed by atoms with Gasteiger partial charge in [0.15, 0.2) is 18.7 Å².